The van der Waals surface area contributed by atoms with Gasteiger partial charge >= 0.3 is 6.09 Å². The van der Waals surface area contributed by atoms with Crippen LogP contribution < -0.4 is 5.32 Å². The van der Waals surface area contributed by atoms with Crippen LogP contribution >= 0.6 is 0 Å². The zero-order chi connectivity index (χ0) is 21.0. The smallest absolute Gasteiger partial charge is 0.407 e. The van der Waals surface area contributed by atoms with Gasteiger partial charge < -0.3 is 15.0 Å². The van der Waals surface area contributed by atoms with Gasteiger partial charge in [-0.25, -0.2) is 9.18 Å². The standard InChI is InChI=1S/C24H31FN2O3/c1-14-15-7-18-9-16(14)10-19(8-15)24(18,17-3-5-20(25)6-4-17)11-22(28)27-12-21(13-27)26-23(29)30-2/h3-6,14-16,18-19,21H,7-13H2,1-2H3,(H,26,29). The Morgan fingerprint density at radius 3 is 2.20 bits per heavy atom. The first-order chi connectivity index (χ1) is 14.4. The van der Waals surface area contributed by atoms with Crippen molar-refractivity contribution in [2.24, 2.45) is 29.6 Å². The molecule has 0 unspecified atom stereocenters. The van der Waals surface area contributed by atoms with Crippen molar-refractivity contribution in [3.8, 4) is 0 Å². The Morgan fingerprint density at radius 1 is 1.10 bits per heavy atom. The Labute approximate surface area is 177 Å². The normalized spacial score (nSPS) is 37.0. The maximum Gasteiger partial charge on any atom is 0.407 e. The zero-order valence-corrected chi connectivity index (χ0v) is 17.8. The quantitative estimate of drug-likeness (QED) is 0.817. The largest absolute Gasteiger partial charge is 0.453 e. The number of carbonyl (C=O) groups excluding carboxylic acids is 2. The van der Waals surface area contributed by atoms with Gasteiger partial charge in [-0.2, -0.15) is 0 Å². The Morgan fingerprint density at radius 2 is 1.67 bits per heavy atom. The fourth-order valence-corrected chi connectivity index (χ4v) is 7.25. The van der Waals surface area contributed by atoms with Gasteiger partial charge in [-0.05, 0) is 73.0 Å². The van der Waals surface area contributed by atoms with E-state index in [1.165, 1.54) is 32.8 Å². The van der Waals surface area contributed by atoms with Crippen molar-refractivity contribution < 1.29 is 18.7 Å². The second-order valence-electron chi connectivity index (χ2n) is 10.1. The molecule has 4 saturated carbocycles. The van der Waals surface area contributed by atoms with Crippen LogP contribution in [0.2, 0.25) is 0 Å². The number of alkyl carbamates (subject to hydrolysis) is 1. The van der Waals surface area contributed by atoms with E-state index in [-0.39, 0.29) is 23.2 Å². The number of nitrogens with zero attached hydrogens (tertiary/aromatic N) is 1. The lowest BCUT2D eigenvalue weighted by Crippen LogP contribution is -2.63. The second-order valence-corrected chi connectivity index (χ2v) is 10.1. The number of carbonyl (C=O) groups is 2. The molecule has 0 radical (unpaired) electrons. The summed E-state index contributed by atoms with van der Waals surface area (Å²) < 4.78 is 18.3. The monoisotopic (exact) mass is 414 g/mol. The molecule has 4 bridgehead atoms. The van der Waals surface area contributed by atoms with E-state index in [2.05, 4.69) is 17.0 Å². The first-order valence-electron chi connectivity index (χ1n) is 11.3. The van der Waals surface area contributed by atoms with Crippen LogP contribution in [0, 0.1) is 35.4 Å². The molecule has 0 atom stereocenters. The molecule has 5 aliphatic rings. The topological polar surface area (TPSA) is 58.6 Å². The molecule has 162 valence electrons. The number of hydrogen-bond donors (Lipinski definition) is 1. The van der Waals surface area contributed by atoms with E-state index >= 15 is 0 Å². The third kappa shape index (κ3) is 3.02. The Kier molecular flexibility index (Phi) is 4.79. The lowest BCUT2D eigenvalue weighted by molar-refractivity contribution is -0.146. The molecule has 4 aliphatic carbocycles. The summed E-state index contributed by atoms with van der Waals surface area (Å²) in [5.74, 6) is 3.26. The summed E-state index contributed by atoms with van der Waals surface area (Å²) in [7, 11) is 1.34. The fourth-order valence-electron chi connectivity index (χ4n) is 7.25. The van der Waals surface area contributed by atoms with Crippen LogP contribution in [0.1, 0.15) is 44.6 Å². The summed E-state index contributed by atoms with van der Waals surface area (Å²) in [6, 6.07) is 6.91. The first-order valence-corrected chi connectivity index (χ1v) is 11.3. The van der Waals surface area contributed by atoms with Crippen LogP contribution in [0.5, 0.6) is 0 Å². The lowest BCUT2D eigenvalue weighted by atomic mass is 9.41. The van der Waals surface area contributed by atoms with Crippen LogP contribution in [-0.2, 0) is 14.9 Å². The molecule has 30 heavy (non-hydrogen) atoms. The van der Waals surface area contributed by atoms with E-state index in [1.54, 1.807) is 12.1 Å². The van der Waals surface area contributed by atoms with Crippen LogP contribution in [0.4, 0.5) is 9.18 Å². The summed E-state index contributed by atoms with van der Waals surface area (Å²) in [5.41, 5.74) is 0.960. The highest BCUT2D eigenvalue weighted by atomic mass is 19.1. The summed E-state index contributed by atoms with van der Waals surface area (Å²) in [6.45, 7) is 3.47. The number of nitrogens with one attached hydrogen (secondary N) is 1. The van der Waals surface area contributed by atoms with Crippen molar-refractivity contribution >= 4 is 12.0 Å². The number of methoxy groups -OCH3 is 1. The maximum atomic E-state index is 13.7. The number of likely N-dealkylation sites (tertiary alicyclic amines) is 1. The van der Waals surface area contributed by atoms with Crippen molar-refractivity contribution in [3.05, 3.63) is 35.6 Å². The summed E-state index contributed by atoms with van der Waals surface area (Å²) in [4.78, 5) is 26.6. The van der Waals surface area contributed by atoms with Gasteiger partial charge in [0.1, 0.15) is 5.82 Å². The number of benzene rings is 1. The van der Waals surface area contributed by atoms with Gasteiger partial charge in [-0.1, -0.05) is 19.1 Å². The summed E-state index contributed by atoms with van der Waals surface area (Å²) in [6.07, 6.45) is 4.78. The van der Waals surface area contributed by atoms with Crippen LogP contribution in [-0.4, -0.2) is 43.1 Å². The molecular formula is C24H31FN2O3. The van der Waals surface area contributed by atoms with Gasteiger partial charge in [0.15, 0.2) is 0 Å². The molecule has 5 nitrogen and oxygen atoms in total. The van der Waals surface area contributed by atoms with E-state index in [4.69, 9.17) is 0 Å². The number of rotatable bonds is 4. The highest BCUT2D eigenvalue weighted by molar-refractivity contribution is 5.79. The fraction of sp³-hybridized carbons (Fsp3) is 0.667. The lowest BCUT2D eigenvalue weighted by Gasteiger charge is -2.64. The number of ether oxygens (including phenoxy) is 1. The van der Waals surface area contributed by atoms with E-state index in [0.29, 0.717) is 31.3 Å². The van der Waals surface area contributed by atoms with Crippen molar-refractivity contribution in [3.63, 3.8) is 0 Å². The highest BCUT2D eigenvalue weighted by Gasteiger charge is 2.60. The zero-order valence-electron chi connectivity index (χ0n) is 17.8. The van der Waals surface area contributed by atoms with Crippen molar-refractivity contribution in [1.29, 1.82) is 0 Å². The molecule has 2 amide bonds. The van der Waals surface area contributed by atoms with Gasteiger partial charge in [0.05, 0.1) is 13.2 Å². The van der Waals surface area contributed by atoms with E-state index in [0.717, 1.165) is 23.3 Å². The third-order valence-electron chi connectivity index (χ3n) is 8.86. The SMILES string of the molecule is COC(=O)NC1CN(C(=O)CC2(c3ccc(F)cc3)C3CC4CC2CC(C3)C4C)C1. The van der Waals surface area contributed by atoms with Gasteiger partial charge in [-0.15, -0.1) is 0 Å². The van der Waals surface area contributed by atoms with Gasteiger partial charge in [0, 0.05) is 24.9 Å². The number of halogens is 1. The van der Waals surface area contributed by atoms with Crippen molar-refractivity contribution in [1.82, 2.24) is 10.2 Å². The molecule has 1 aromatic carbocycles. The van der Waals surface area contributed by atoms with E-state index in [9.17, 15) is 14.0 Å². The molecule has 1 aromatic rings. The van der Waals surface area contributed by atoms with Gasteiger partial charge in [0.25, 0.3) is 0 Å². The molecule has 5 fully saturated rings. The predicted molar refractivity (Wildman–Crippen MR) is 110 cm³/mol. The number of amides is 2. The average Bonchev–Trinajstić information content (AvgIpc) is 2.69. The van der Waals surface area contributed by atoms with Crippen molar-refractivity contribution in [2.75, 3.05) is 20.2 Å². The summed E-state index contributed by atoms with van der Waals surface area (Å²) >= 11 is 0. The number of hydrogen-bond acceptors (Lipinski definition) is 3. The molecule has 0 spiro atoms. The molecule has 1 N–H and O–H groups in total. The molecule has 1 saturated heterocycles. The summed E-state index contributed by atoms with van der Waals surface area (Å²) in [5, 5.41) is 2.76. The molecule has 0 aromatic heterocycles. The highest BCUT2D eigenvalue weighted by Crippen LogP contribution is 2.65. The molecule has 1 aliphatic heterocycles. The van der Waals surface area contributed by atoms with E-state index in [1.807, 2.05) is 17.0 Å². The second kappa shape index (κ2) is 7.24. The Bertz CT molecular complexity index is 803. The van der Waals surface area contributed by atoms with Gasteiger partial charge in [-0.3, -0.25) is 4.79 Å². The predicted octanol–water partition coefficient (Wildman–Crippen LogP) is 3.72. The van der Waals surface area contributed by atoms with Crippen LogP contribution in [0.25, 0.3) is 0 Å². The van der Waals surface area contributed by atoms with Crippen molar-refractivity contribution in [2.45, 2.75) is 50.5 Å². The van der Waals surface area contributed by atoms with E-state index < -0.39 is 6.09 Å². The molecular weight excluding hydrogens is 383 g/mol. The minimum Gasteiger partial charge on any atom is -0.453 e. The minimum atomic E-state index is -0.454. The molecule has 1 heterocycles. The maximum absolute atomic E-state index is 13.7. The third-order valence-corrected chi connectivity index (χ3v) is 8.86. The minimum absolute atomic E-state index is 0.0393. The molecule has 6 heteroatoms. The van der Waals surface area contributed by atoms with Crippen LogP contribution in [0.15, 0.2) is 24.3 Å². The van der Waals surface area contributed by atoms with Crippen LogP contribution in [0.3, 0.4) is 0 Å². The van der Waals surface area contributed by atoms with Gasteiger partial charge in [0.2, 0.25) is 5.91 Å². The Balaban J connectivity index is 1.38. The average molecular weight is 415 g/mol. The first kappa shape index (κ1) is 19.8. The Hall–Kier alpha value is -2.11. The molecule has 6 rings (SSSR count).